The van der Waals surface area contributed by atoms with Gasteiger partial charge in [-0.05, 0) is 25.3 Å². The van der Waals surface area contributed by atoms with E-state index >= 15 is 0 Å². The summed E-state index contributed by atoms with van der Waals surface area (Å²) in [6.07, 6.45) is 5.34. The highest BCUT2D eigenvalue weighted by Gasteiger charge is 2.21. The van der Waals surface area contributed by atoms with E-state index in [-0.39, 0.29) is 0 Å². The van der Waals surface area contributed by atoms with Crippen LogP contribution in [-0.4, -0.2) is 53.3 Å². The van der Waals surface area contributed by atoms with Crippen LogP contribution in [-0.2, 0) is 4.74 Å². The van der Waals surface area contributed by atoms with Gasteiger partial charge in [-0.25, -0.2) is 4.98 Å². The fourth-order valence-electron chi connectivity index (χ4n) is 2.79. The summed E-state index contributed by atoms with van der Waals surface area (Å²) in [7, 11) is 0. The number of thioether (sulfide) groups is 1. The Balaban J connectivity index is 1.64. The third-order valence-electron chi connectivity index (χ3n) is 4.03. The Hall–Kier alpha value is -1.01. The van der Waals surface area contributed by atoms with Crippen molar-refractivity contribution in [3.63, 3.8) is 0 Å². The van der Waals surface area contributed by atoms with Crippen LogP contribution in [0.2, 0.25) is 0 Å². The van der Waals surface area contributed by atoms with E-state index in [1.807, 2.05) is 12.3 Å². The molecule has 0 aliphatic carbocycles. The lowest BCUT2D eigenvalue weighted by Gasteiger charge is -2.32. The molecule has 0 bridgehead atoms. The maximum absolute atomic E-state index is 5.51. The maximum Gasteiger partial charge on any atom is 0.227 e. The molecule has 1 N–H and O–H groups in total. The summed E-state index contributed by atoms with van der Waals surface area (Å²) < 4.78 is 5.51. The van der Waals surface area contributed by atoms with Crippen molar-refractivity contribution in [1.82, 2.24) is 9.97 Å². The van der Waals surface area contributed by atoms with Gasteiger partial charge < -0.3 is 15.0 Å². The molecule has 0 amide bonds. The topological polar surface area (TPSA) is 50.3 Å². The minimum atomic E-state index is 0.377. The van der Waals surface area contributed by atoms with Crippen molar-refractivity contribution in [2.45, 2.75) is 37.5 Å². The lowest BCUT2D eigenvalue weighted by Crippen LogP contribution is -2.38. The molecule has 0 saturated carbocycles. The first-order chi connectivity index (χ1) is 10.3. The van der Waals surface area contributed by atoms with E-state index in [9.17, 15) is 0 Å². The highest BCUT2D eigenvalue weighted by molar-refractivity contribution is 8.00. The molecule has 0 unspecified atom stereocenters. The predicted octanol–water partition coefficient (Wildman–Crippen LogP) is 2.40. The van der Waals surface area contributed by atoms with Gasteiger partial charge in [-0.15, -0.1) is 0 Å². The summed E-state index contributed by atoms with van der Waals surface area (Å²) in [6.45, 7) is 6.01. The van der Waals surface area contributed by atoms with Crippen LogP contribution in [0.25, 0.3) is 0 Å². The van der Waals surface area contributed by atoms with Gasteiger partial charge in [-0.3, -0.25) is 0 Å². The molecule has 1 aromatic rings. The van der Waals surface area contributed by atoms with Crippen molar-refractivity contribution >= 4 is 23.5 Å². The third kappa shape index (κ3) is 4.01. The van der Waals surface area contributed by atoms with Gasteiger partial charge in [0.2, 0.25) is 5.95 Å². The molecule has 1 aromatic heterocycles. The number of nitrogens with zero attached hydrogens (tertiary/aromatic N) is 3. The molecular formula is C15H24N4OS. The Kier molecular flexibility index (Phi) is 5.19. The van der Waals surface area contributed by atoms with Crippen LogP contribution in [0.5, 0.6) is 0 Å². The minimum Gasteiger partial charge on any atom is -0.379 e. The molecule has 2 aliphatic heterocycles. The first-order valence-corrected chi connectivity index (χ1v) is 8.94. The van der Waals surface area contributed by atoms with Crippen molar-refractivity contribution in [2.75, 3.05) is 42.3 Å². The average Bonchev–Trinajstić information content (AvgIpc) is 2.56. The molecule has 21 heavy (non-hydrogen) atoms. The molecule has 2 fully saturated rings. The molecular weight excluding hydrogens is 284 g/mol. The molecule has 0 spiro atoms. The fourth-order valence-corrected chi connectivity index (χ4v) is 3.97. The van der Waals surface area contributed by atoms with E-state index in [4.69, 9.17) is 9.72 Å². The van der Waals surface area contributed by atoms with Gasteiger partial charge in [-0.2, -0.15) is 16.7 Å². The first kappa shape index (κ1) is 14.9. The van der Waals surface area contributed by atoms with Crippen LogP contribution < -0.4 is 10.2 Å². The molecule has 116 valence electrons. The van der Waals surface area contributed by atoms with Gasteiger partial charge in [0.15, 0.2) is 0 Å². The third-order valence-corrected chi connectivity index (χ3v) is 5.40. The highest BCUT2D eigenvalue weighted by atomic mass is 32.2. The van der Waals surface area contributed by atoms with Crippen molar-refractivity contribution < 1.29 is 4.74 Å². The SMILES string of the molecule is CC[C@@H]1CN(c2nccc(N[C@@H]3CCCOC3)n2)CCS1. The summed E-state index contributed by atoms with van der Waals surface area (Å²) in [4.78, 5) is 11.5. The van der Waals surface area contributed by atoms with E-state index in [2.05, 4.69) is 33.9 Å². The summed E-state index contributed by atoms with van der Waals surface area (Å²) in [5.74, 6) is 2.94. The van der Waals surface area contributed by atoms with E-state index in [1.165, 1.54) is 6.42 Å². The maximum atomic E-state index is 5.51. The van der Waals surface area contributed by atoms with Crippen molar-refractivity contribution in [2.24, 2.45) is 0 Å². The molecule has 0 radical (unpaired) electrons. The highest BCUT2D eigenvalue weighted by Crippen LogP contribution is 2.24. The van der Waals surface area contributed by atoms with Crippen molar-refractivity contribution in [3.8, 4) is 0 Å². The molecule has 0 aromatic carbocycles. The van der Waals surface area contributed by atoms with E-state index in [1.54, 1.807) is 0 Å². The normalized spacial score (nSPS) is 26.6. The lowest BCUT2D eigenvalue weighted by molar-refractivity contribution is 0.0875. The average molecular weight is 308 g/mol. The molecule has 2 saturated heterocycles. The molecule has 2 aliphatic rings. The van der Waals surface area contributed by atoms with Crippen LogP contribution >= 0.6 is 11.8 Å². The first-order valence-electron chi connectivity index (χ1n) is 7.89. The second-order valence-corrected chi connectivity index (χ2v) is 7.06. The zero-order chi connectivity index (χ0) is 14.5. The summed E-state index contributed by atoms with van der Waals surface area (Å²) in [5.41, 5.74) is 0. The number of hydrogen-bond acceptors (Lipinski definition) is 6. The monoisotopic (exact) mass is 308 g/mol. The van der Waals surface area contributed by atoms with Gasteiger partial charge in [0.05, 0.1) is 12.6 Å². The summed E-state index contributed by atoms with van der Waals surface area (Å²) in [6, 6.07) is 2.33. The van der Waals surface area contributed by atoms with Gasteiger partial charge in [0, 0.05) is 36.9 Å². The lowest BCUT2D eigenvalue weighted by atomic mass is 10.1. The summed E-state index contributed by atoms with van der Waals surface area (Å²) >= 11 is 2.06. The van der Waals surface area contributed by atoms with E-state index < -0.39 is 0 Å². The number of anilines is 2. The minimum absolute atomic E-state index is 0.377. The molecule has 6 heteroatoms. The fraction of sp³-hybridized carbons (Fsp3) is 0.733. The summed E-state index contributed by atoms with van der Waals surface area (Å²) in [5, 5.41) is 4.18. The van der Waals surface area contributed by atoms with Crippen LogP contribution in [0.1, 0.15) is 26.2 Å². The van der Waals surface area contributed by atoms with Gasteiger partial charge in [0.25, 0.3) is 0 Å². The molecule has 2 atom stereocenters. The second kappa shape index (κ2) is 7.31. The van der Waals surface area contributed by atoms with Crippen LogP contribution in [0, 0.1) is 0 Å². The van der Waals surface area contributed by atoms with Gasteiger partial charge >= 0.3 is 0 Å². The Morgan fingerprint density at radius 2 is 2.48 bits per heavy atom. The zero-order valence-corrected chi connectivity index (χ0v) is 13.4. The number of aromatic nitrogens is 2. The molecule has 5 nitrogen and oxygen atoms in total. The molecule has 3 rings (SSSR count). The second-order valence-electron chi connectivity index (χ2n) is 5.65. The van der Waals surface area contributed by atoms with E-state index in [0.29, 0.717) is 11.3 Å². The Bertz CT molecular complexity index is 453. The number of ether oxygens (including phenoxy) is 1. The van der Waals surface area contributed by atoms with E-state index in [0.717, 1.165) is 56.7 Å². The van der Waals surface area contributed by atoms with Crippen molar-refractivity contribution in [3.05, 3.63) is 12.3 Å². The van der Waals surface area contributed by atoms with Crippen LogP contribution in [0.4, 0.5) is 11.8 Å². The van der Waals surface area contributed by atoms with Crippen molar-refractivity contribution in [1.29, 1.82) is 0 Å². The van der Waals surface area contributed by atoms with Crippen LogP contribution in [0.15, 0.2) is 12.3 Å². The largest absolute Gasteiger partial charge is 0.379 e. The molecule has 3 heterocycles. The number of nitrogens with one attached hydrogen (secondary N) is 1. The smallest absolute Gasteiger partial charge is 0.227 e. The number of hydrogen-bond donors (Lipinski definition) is 1. The Morgan fingerprint density at radius 1 is 1.52 bits per heavy atom. The quantitative estimate of drug-likeness (QED) is 0.922. The predicted molar refractivity (Wildman–Crippen MR) is 88.2 cm³/mol. The Labute approximate surface area is 130 Å². The van der Waals surface area contributed by atoms with Crippen LogP contribution in [0.3, 0.4) is 0 Å². The zero-order valence-electron chi connectivity index (χ0n) is 12.6. The standard InChI is InChI=1S/C15H24N4OS/c1-2-13-10-19(7-9-21-13)15-16-6-5-14(18-15)17-12-4-3-8-20-11-12/h5-6,12-13H,2-4,7-11H2,1H3,(H,16,17,18)/t12-,13-/m1/s1. The number of rotatable bonds is 4. The van der Waals surface area contributed by atoms with Gasteiger partial charge in [0.1, 0.15) is 5.82 Å². The van der Waals surface area contributed by atoms with Gasteiger partial charge in [-0.1, -0.05) is 6.92 Å². The Morgan fingerprint density at radius 3 is 3.29 bits per heavy atom.